The Bertz CT molecular complexity index is 328. The SMILES string of the molecule is CC(C)N(CCCn1ccnc1)CC1CCCNC1. The maximum atomic E-state index is 4.09. The number of aromatic nitrogens is 2. The minimum atomic E-state index is 0.643. The zero-order valence-electron chi connectivity index (χ0n) is 12.4. The van der Waals surface area contributed by atoms with Crippen molar-refractivity contribution in [3.8, 4) is 0 Å². The standard InChI is InChI=1S/C15H28N4/c1-14(2)19(12-15-5-3-6-16-11-15)9-4-8-18-10-7-17-13-18/h7,10,13-16H,3-6,8-9,11-12H2,1-2H3. The fraction of sp³-hybridized carbons (Fsp3) is 0.800. The van der Waals surface area contributed by atoms with Crippen molar-refractivity contribution < 1.29 is 0 Å². The third-order valence-corrected chi connectivity index (χ3v) is 4.04. The summed E-state index contributed by atoms with van der Waals surface area (Å²) in [6.45, 7) is 10.5. The molecule has 4 heteroatoms. The van der Waals surface area contributed by atoms with Gasteiger partial charge >= 0.3 is 0 Å². The molecule has 108 valence electrons. The largest absolute Gasteiger partial charge is 0.337 e. The minimum absolute atomic E-state index is 0.643. The summed E-state index contributed by atoms with van der Waals surface area (Å²) in [7, 11) is 0. The summed E-state index contributed by atoms with van der Waals surface area (Å²) < 4.78 is 2.17. The normalized spacial score (nSPS) is 20.3. The van der Waals surface area contributed by atoms with Gasteiger partial charge < -0.3 is 14.8 Å². The van der Waals surface area contributed by atoms with E-state index in [0.717, 1.165) is 12.5 Å². The van der Waals surface area contributed by atoms with Crippen LogP contribution in [-0.4, -0.2) is 46.7 Å². The number of hydrogen-bond acceptors (Lipinski definition) is 3. The molecule has 1 saturated heterocycles. The van der Waals surface area contributed by atoms with Crippen molar-refractivity contribution in [3.05, 3.63) is 18.7 Å². The van der Waals surface area contributed by atoms with Gasteiger partial charge in [-0.3, -0.25) is 0 Å². The van der Waals surface area contributed by atoms with Gasteiger partial charge in [-0.2, -0.15) is 0 Å². The third kappa shape index (κ3) is 4.96. The summed E-state index contributed by atoms with van der Waals surface area (Å²) in [5, 5.41) is 3.52. The predicted octanol–water partition coefficient (Wildman–Crippen LogP) is 1.98. The van der Waals surface area contributed by atoms with Gasteiger partial charge in [-0.1, -0.05) is 0 Å². The molecule has 0 aromatic carbocycles. The Balaban J connectivity index is 1.72. The Morgan fingerprint density at radius 3 is 3.00 bits per heavy atom. The monoisotopic (exact) mass is 264 g/mol. The van der Waals surface area contributed by atoms with E-state index in [4.69, 9.17) is 0 Å². The van der Waals surface area contributed by atoms with E-state index >= 15 is 0 Å². The van der Waals surface area contributed by atoms with Gasteiger partial charge in [0.15, 0.2) is 0 Å². The molecular formula is C15H28N4. The molecule has 1 atom stereocenters. The van der Waals surface area contributed by atoms with Crippen LogP contribution in [0.2, 0.25) is 0 Å². The van der Waals surface area contributed by atoms with Crippen LogP contribution in [0.5, 0.6) is 0 Å². The lowest BCUT2D eigenvalue weighted by Crippen LogP contribution is -2.41. The number of nitrogens with zero attached hydrogens (tertiary/aromatic N) is 3. The molecule has 1 aromatic heterocycles. The van der Waals surface area contributed by atoms with Gasteiger partial charge in [0, 0.05) is 38.1 Å². The van der Waals surface area contributed by atoms with Crippen LogP contribution in [0.25, 0.3) is 0 Å². The van der Waals surface area contributed by atoms with E-state index in [9.17, 15) is 0 Å². The first-order chi connectivity index (χ1) is 9.25. The Labute approximate surface area is 117 Å². The van der Waals surface area contributed by atoms with E-state index in [-0.39, 0.29) is 0 Å². The van der Waals surface area contributed by atoms with E-state index in [1.165, 1.54) is 45.4 Å². The van der Waals surface area contributed by atoms with Gasteiger partial charge in [0.25, 0.3) is 0 Å². The number of imidazole rings is 1. The smallest absolute Gasteiger partial charge is 0.0945 e. The Morgan fingerprint density at radius 2 is 2.37 bits per heavy atom. The molecule has 0 bridgehead atoms. The molecule has 0 radical (unpaired) electrons. The van der Waals surface area contributed by atoms with Crippen molar-refractivity contribution in [1.29, 1.82) is 0 Å². The van der Waals surface area contributed by atoms with Crippen molar-refractivity contribution >= 4 is 0 Å². The van der Waals surface area contributed by atoms with Crippen LogP contribution >= 0.6 is 0 Å². The highest BCUT2D eigenvalue weighted by atomic mass is 15.2. The van der Waals surface area contributed by atoms with Crippen LogP contribution in [0, 0.1) is 5.92 Å². The molecule has 2 heterocycles. The molecule has 2 rings (SSSR count). The van der Waals surface area contributed by atoms with E-state index in [2.05, 4.69) is 33.6 Å². The van der Waals surface area contributed by atoms with E-state index in [1.54, 1.807) is 0 Å². The van der Waals surface area contributed by atoms with Gasteiger partial charge in [-0.25, -0.2) is 4.98 Å². The first-order valence-corrected chi connectivity index (χ1v) is 7.66. The van der Waals surface area contributed by atoms with Gasteiger partial charge in [0.2, 0.25) is 0 Å². The first kappa shape index (κ1) is 14.5. The number of rotatable bonds is 7. The molecule has 0 aliphatic carbocycles. The zero-order valence-corrected chi connectivity index (χ0v) is 12.4. The van der Waals surface area contributed by atoms with Gasteiger partial charge in [0.05, 0.1) is 6.33 Å². The van der Waals surface area contributed by atoms with Crippen LogP contribution < -0.4 is 5.32 Å². The van der Waals surface area contributed by atoms with Crippen molar-refractivity contribution in [2.45, 2.75) is 45.7 Å². The quantitative estimate of drug-likeness (QED) is 0.817. The molecule has 1 aliphatic rings. The average molecular weight is 264 g/mol. The lowest BCUT2D eigenvalue weighted by atomic mass is 9.98. The molecule has 1 aliphatic heterocycles. The fourth-order valence-electron chi connectivity index (χ4n) is 2.85. The lowest BCUT2D eigenvalue weighted by molar-refractivity contribution is 0.167. The van der Waals surface area contributed by atoms with E-state index < -0.39 is 0 Å². The van der Waals surface area contributed by atoms with E-state index in [0.29, 0.717) is 6.04 Å². The highest BCUT2D eigenvalue weighted by molar-refractivity contribution is 4.76. The van der Waals surface area contributed by atoms with E-state index in [1.807, 2.05) is 18.7 Å². The topological polar surface area (TPSA) is 33.1 Å². The van der Waals surface area contributed by atoms with Crippen LogP contribution in [0.3, 0.4) is 0 Å². The second kappa shape index (κ2) is 7.65. The molecular weight excluding hydrogens is 236 g/mol. The van der Waals surface area contributed by atoms with Crippen molar-refractivity contribution in [2.75, 3.05) is 26.2 Å². The van der Waals surface area contributed by atoms with Crippen LogP contribution in [0.1, 0.15) is 33.1 Å². The van der Waals surface area contributed by atoms with Crippen LogP contribution in [-0.2, 0) is 6.54 Å². The summed E-state index contributed by atoms with van der Waals surface area (Å²) in [4.78, 5) is 6.72. The second-order valence-corrected chi connectivity index (χ2v) is 5.96. The lowest BCUT2D eigenvalue weighted by Gasteiger charge is -2.32. The predicted molar refractivity (Wildman–Crippen MR) is 79.1 cm³/mol. The third-order valence-electron chi connectivity index (χ3n) is 4.04. The average Bonchev–Trinajstić information content (AvgIpc) is 2.92. The maximum absolute atomic E-state index is 4.09. The summed E-state index contributed by atoms with van der Waals surface area (Å²) in [6, 6.07) is 0.643. The van der Waals surface area contributed by atoms with Crippen LogP contribution in [0.4, 0.5) is 0 Å². The molecule has 19 heavy (non-hydrogen) atoms. The number of hydrogen-bond donors (Lipinski definition) is 1. The summed E-state index contributed by atoms with van der Waals surface area (Å²) in [5.74, 6) is 0.837. The van der Waals surface area contributed by atoms with Gasteiger partial charge in [-0.05, 0) is 52.1 Å². The molecule has 0 spiro atoms. The minimum Gasteiger partial charge on any atom is -0.337 e. The number of piperidine rings is 1. The van der Waals surface area contributed by atoms with Gasteiger partial charge in [0.1, 0.15) is 0 Å². The number of nitrogens with one attached hydrogen (secondary N) is 1. The van der Waals surface area contributed by atoms with Crippen LogP contribution in [0.15, 0.2) is 18.7 Å². The molecule has 1 aromatic rings. The summed E-state index contributed by atoms with van der Waals surface area (Å²) in [6.07, 6.45) is 9.74. The molecule has 0 amide bonds. The fourth-order valence-corrected chi connectivity index (χ4v) is 2.85. The van der Waals surface area contributed by atoms with Gasteiger partial charge in [-0.15, -0.1) is 0 Å². The summed E-state index contributed by atoms with van der Waals surface area (Å²) in [5.41, 5.74) is 0. The highest BCUT2D eigenvalue weighted by Gasteiger charge is 2.18. The first-order valence-electron chi connectivity index (χ1n) is 7.66. The molecule has 1 fully saturated rings. The number of aryl methyl sites for hydroxylation is 1. The second-order valence-electron chi connectivity index (χ2n) is 5.96. The van der Waals surface area contributed by atoms with Crippen molar-refractivity contribution in [2.24, 2.45) is 5.92 Å². The Hall–Kier alpha value is -0.870. The van der Waals surface area contributed by atoms with Crippen molar-refractivity contribution in [1.82, 2.24) is 19.8 Å². The molecule has 0 saturated carbocycles. The highest BCUT2D eigenvalue weighted by Crippen LogP contribution is 2.14. The Morgan fingerprint density at radius 1 is 1.47 bits per heavy atom. The zero-order chi connectivity index (χ0) is 13.5. The maximum Gasteiger partial charge on any atom is 0.0945 e. The molecule has 1 N–H and O–H groups in total. The Kier molecular flexibility index (Phi) is 5.86. The molecule has 4 nitrogen and oxygen atoms in total. The van der Waals surface area contributed by atoms with Crippen molar-refractivity contribution in [3.63, 3.8) is 0 Å². The summed E-state index contributed by atoms with van der Waals surface area (Å²) >= 11 is 0. The molecule has 1 unspecified atom stereocenters.